The molecule has 1 aliphatic carbocycles. The molecule has 2 aromatic rings. The number of hydrogen-bond acceptors (Lipinski definition) is 4. The zero-order chi connectivity index (χ0) is 17.0. The minimum atomic E-state index is -0.328. The maximum Gasteiger partial charge on any atom is 0.415 e. The first kappa shape index (κ1) is 15.4. The lowest BCUT2D eigenvalue weighted by Gasteiger charge is -2.48. The maximum absolute atomic E-state index is 12.6. The first-order chi connectivity index (χ1) is 12.1. The Kier molecular flexibility index (Phi) is 3.44. The summed E-state index contributed by atoms with van der Waals surface area (Å²) >= 11 is 1.67. The molecule has 4 fully saturated rings. The molecule has 3 aliphatic heterocycles. The van der Waals surface area contributed by atoms with E-state index in [1.807, 2.05) is 4.90 Å². The highest BCUT2D eigenvalue weighted by molar-refractivity contribution is 7.19. The van der Waals surface area contributed by atoms with E-state index < -0.39 is 0 Å². The third kappa shape index (κ3) is 2.49. The summed E-state index contributed by atoms with van der Waals surface area (Å²) in [4.78, 5) is 15.6. The Balaban J connectivity index is 1.42. The molecule has 1 aromatic heterocycles. The van der Waals surface area contributed by atoms with Crippen LogP contribution in [0.3, 0.4) is 0 Å². The van der Waals surface area contributed by atoms with Gasteiger partial charge >= 0.3 is 6.09 Å². The van der Waals surface area contributed by atoms with Crippen molar-refractivity contribution in [2.75, 3.05) is 18.0 Å². The average Bonchev–Trinajstić information content (AvgIpc) is 3.21. The molecular formula is C20H22N2O2S. The molecule has 1 N–H and O–H groups in total. The van der Waals surface area contributed by atoms with Crippen LogP contribution in [0, 0.1) is 12.8 Å². The number of anilines is 1. The molecule has 130 valence electrons. The predicted octanol–water partition coefficient (Wildman–Crippen LogP) is 4.19. The number of hydrogen-bond donors (Lipinski definition) is 1. The van der Waals surface area contributed by atoms with E-state index in [0.717, 1.165) is 24.4 Å². The van der Waals surface area contributed by atoms with Crippen LogP contribution in [0.25, 0.3) is 10.4 Å². The van der Waals surface area contributed by atoms with Gasteiger partial charge in [0.15, 0.2) is 0 Å². The van der Waals surface area contributed by atoms with Crippen LogP contribution in [0.5, 0.6) is 0 Å². The quantitative estimate of drug-likeness (QED) is 0.879. The van der Waals surface area contributed by atoms with Crippen molar-refractivity contribution in [3.8, 4) is 10.4 Å². The number of thiophene rings is 1. The van der Waals surface area contributed by atoms with Crippen molar-refractivity contribution in [1.82, 2.24) is 5.32 Å². The summed E-state index contributed by atoms with van der Waals surface area (Å²) in [6, 6.07) is 13.0. The van der Waals surface area contributed by atoms with Crippen LogP contribution in [-0.2, 0) is 4.74 Å². The van der Waals surface area contributed by atoms with Crippen LogP contribution in [0.4, 0.5) is 9.80 Å². The van der Waals surface area contributed by atoms with Gasteiger partial charge in [-0.1, -0.05) is 29.8 Å². The minimum absolute atomic E-state index is 0.188. The topological polar surface area (TPSA) is 41.6 Å². The summed E-state index contributed by atoms with van der Waals surface area (Å²) < 4.78 is 5.96. The van der Waals surface area contributed by atoms with E-state index in [1.165, 1.54) is 22.4 Å². The Labute approximate surface area is 151 Å². The molecule has 6 rings (SSSR count). The molecule has 4 aliphatic rings. The normalized spacial score (nSPS) is 30.9. The van der Waals surface area contributed by atoms with Gasteiger partial charge in [-0.3, -0.25) is 4.90 Å². The lowest BCUT2D eigenvalue weighted by molar-refractivity contribution is -0.0457. The van der Waals surface area contributed by atoms with Gasteiger partial charge in [0, 0.05) is 10.9 Å². The second-order valence-corrected chi connectivity index (χ2v) is 8.70. The standard InChI is InChI=1S/C20H22N2O2S/c1-13-3-2-4-15(9-13)16-6-8-18(25-16)22-12-20(24-19(22)23)10-14-5-7-17(20)21-11-14/h2-4,6,8-9,14,17,21H,5,7,10-12H2,1H3/t14?,17?,20-/m1/s1. The summed E-state index contributed by atoms with van der Waals surface area (Å²) in [5, 5.41) is 4.57. The fraction of sp³-hybridized carbons (Fsp3) is 0.450. The van der Waals surface area contributed by atoms with Crippen LogP contribution < -0.4 is 10.2 Å². The molecule has 2 bridgehead atoms. The smallest absolute Gasteiger partial charge is 0.415 e. The van der Waals surface area contributed by atoms with E-state index in [0.29, 0.717) is 18.5 Å². The number of nitrogens with zero attached hydrogens (tertiary/aromatic N) is 1. The van der Waals surface area contributed by atoms with Crippen molar-refractivity contribution in [2.45, 2.75) is 37.8 Å². The van der Waals surface area contributed by atoms with Gasteiger partial charge in [0.2, 0.25) is 0 Å². The highest BCUT2D eigenvalue weighted by atomic mass is 32.1. The number of ether oxygens (including phenoxy) is 1. The average molecular weight is 354 g/mol. The highest BCUT2D eigenvalue weighted by Crippen LogP contribution is 2.45. The molecular weight excluding hydrogens is 332 g/mol. The minimum Gasteiger partial charge on any atom is -0.439 e. The van der Waals surface area contributed by atoms with Crippen LogP contribution in [0.1, 0.15) is 24.8 Å². The summed E-state index contributed by atoms with van der Waals surface area (Å²) in [5.41, 5.74) is 2.12. The summed E-state index contributed by atoms with van der Waals surface area (Å²) in [6.07, 6.45) is 3.19. The third-order valence-corrected chi connectivity index (χ3v) is 7.04. The second-order valence-electron chi connectivity index (χ2n) is 7.63. The van der Waals surface area contributed by atoms with E-state index >= 15 is 0 Å². The van der Waals surface area contributed by atoms with Crippen molar-refractivity contribution in [3.63, 3.8) is 0 Å². The summed E-state index contributed by atoms with van der Waals surface area (Å²) in [7, 11) is 0. The lowest BCUT2D eigenvalue weighted by atomic mass is 9.71. The van der Waals surface area contributed by atoms with Gasteiger partial charge in [0.1, 0.15) is 10.6 Å². The van der Waals surface area contributed by atoms with E-state index in [4.69, 9.17) is 4.74 Å². The molecule has 4 heterocycles. The highest BCUT2D eigenvalue weighted by Gasteiger charge is 2.56. The molecule has 1 amide bonds. The summed E-state index contributed by atoms with van der Waals surface area (Å²) in [5.74, 6) is 0.643. The maximum atomic E-state index is 12.6. The number of benzene rings is 1. The second kappa shape index (κ2) is 5.58. The fourth-order valence-corrected chi connectivity index (χ4v) is 5.64. The fourth-order valence-electron chi connectivity index (χ4n) is 4.64. The van der Waals surface area contributed by atoms with Gasteiger partial charge in [0.25, 0.3) is 0 Å². The molecule has 1 spiro atoms. The van der Waals surface area contributed by atoms with E-state index in [1.54, 1.807) is 11.3 Å². The number of carbonyl (C=O) groups excluding carboxylic acids is 1. The van der Waals surface area contributed by atoms with Crippen LogP contribution >= 0.6 is 11.3 Å². The first-order valence-electron chi connectivity index (χ1n) is 9.04. The van der Waals surface area contributed by atoms with Gasteiger partial charge in [-0.05, 0) is 56.3 Å². The summed E-state index contributed by atoms with van der Waals surface area (Å²) in [6.45, 7) is 3.85. The van der Waals surface area contributed by atoms with Crippen LogP contribution in [-0.4, -0.2) is 30.8 Å². The number of carbonyl (C=O) groups is 1. The van der Waals surface area contributed by atoms with Gasteiger partial charge in [-0.25, -0.2) is 4.79 Å². The Bertz CT molecular complexity index is 825. The Morgan fingerprint density at radius 1 is 1.28 bits per heavy atom. The van der Waals surface area contributed by atoms with E-state index in [9.17, 15) is 4.79 Å². The SMILES string of the molecule is Cc1cccc(-c2ccc(N3C[C@@]4(CC5CCC4NC5)OC3=O)s2)c1. The van der Waals surface area contributed by atoms with E-state index in [2.05, 4.69) is 48.6 Å². The van der Waals surface area contributed by atoms with Crippen molar-refractivity contribution < 1.29 is 9.53 Å². The third-order valence-electron chi connectivity index (χ3n) is 5.88. The number of aryl methyl sites for hydroxylation is 1. The molecule has 2 unspecified atom stereocenters. The van der Waals surface area contributed by atoms with Crippen molar-refractivity contribution in [2.24, 2.45) is 5.92 Å². The van der Waals surface area contributed by atoms with Crippen molar-refractivity contribution in [3.05, 3.63) is 42.0 Å². The first-order valence-corrected chi connectivity index (χ1v) is 9.85. The van der Waals surface area contributed by atoms with Gasteiger partial charge < -0.3 is 10.1 Å². The van der Waals surface area contributed by atoms with Crippen molar-refractivity contribution >= 4 is 22.4 Å². The molecule has 3 saturated heterocycles. The molecule has 0 radical (unpaired) electrons. The lowest BCUT2D eigenvalue weighted by Crippen LogP contribution is -2.63. The number of fused-ring (bicyclic) bond motifs is 2. The number of rotatable bonds is 2. The molecule has 1 aromatic carbocycles. The van der Waals surface area contributed by atoms with Gasteiger partial charge in [0.05, 0.1) is 6.54 Å². The monoisotopic (exact) mass is 354 g/mol. The molecule has 1 saturated carbocycles. The largest absolute Gasteiger partial charge is 0.439 e. The molecule has 25 heavy (non-hydrogen) atoms. The van der Waals surface area contributed by atoms with Crippen molar-refractivity contribution in [1.29, 1.82) is 0 Å². The Morgan fingerprint density at radius 2 is 2.20 bits per heavy atom. The zero-order valence-electron chi connectivity index (χ0n) is 14.3. The Morgan fingerprint density at radius 3 is 2.92 bits per heavy atom. The van der Waals surface area contributed by atoms with Gasteiger partial charge in [-0.15, -0.1) is 11.3 Å². The van der Waals surface area contributed by atoms with Gasteiger partial charge in [-0.2, -0.15) is 0 Å². The molecule has 5 heteroatoms. The molecule has 4 nitrogen and oxygen atoms in total. The predicted molar refractivity (Wildman–Crippen MR) is 100 cm³/mol. The Hall–Kier alpha value is -1.85. The molecule has 3 atom stereocenters. The number of nitrogens with one attached hydrogen (secondary N) is 1. The van der Waals surface area contributed by atoms with Crippen LogP contribution in [0.15, 0.2) is 36.4 Å². The zero-order valence-corrected chi connectivity index (χ0v) is 15.1. The van der Waals surface area contributed by atoms with Crippen LogP contribution in [0.2, 0.25) is 0 Å². The number of amides is 1. The number of piperidine rings is 2. The van der Waals surface area contributed by atoms with E-state index in [-0.39, 0.29) is 11.7 Å².